The fourth-order valence-electron chi connectivity index (χ4n) is 5.16. The molecule has 2 aliphatic rings. The maximum Gasteiger partial charge on any atom is 0.404 e. The van der Waals surface area contributed by atoms with Crippen LogP contribution in [0.2, 0.25) is 5.15 Å². The summed E-state index contributed by atoms with van der Waals surface area (Å²) in [6.45, 7) is 1.53. The zero-order chi connectivity index (χ0) is 28.4. The maximum atomic E-state index is 13.9. The van der Waals surface area contributed by atoms with E-state index in [1.54, 1.807) is 32.3 Å². The quantitative estimate of drug-likeness (QED) is 0.409. The molecule has 2 heterocycles. The van der Waals surface area contributed by atoms with Gasteiger partial charge < -0.3 is 19.9 Å². The van der Waals surface area contributed by atoms with Crippen LogP contribution in [0.3, 0.4) is 0 Å². The largest absolute Gasteiger partial charge is 0.497 e. The predicted molar refractivity (Wildman–Crippen MR) is 143 cm³/mol. The van der Waals surface area contributed by atoms with Crippen molar-refractivity contribution >= 4 is 29.2 Å². The number of piperidine rings is 1. The van der Waals surface area contributed by atoms with E-state index in [0.29, 0.717) is 30.7 Å². The number of hydrogen-bond acceptors (Lipinski definition) is 5. The van der Waals surface area contributed by atoms with Gasteiger partial charge in [0.05, 0.1) is 12.7 Å². The predicted octanol–water partition coefficient (Wildman–Crippen LogP) is 5.44. The van der Waals surface area contributed by atoms with E-state index in [2.05, 4.69) is 15.2 Å². The van der Waals surface area contributed by atoms with E-state index in [-0.39, 0.29) is 22.4 Å². The second kappa shape index (κ2) is 11.6. The Balaban J connectivity index is 1.31. The van der Waals surface area contributed by atoms with Gasteiger partial charge >= 0.3 is 6.18 Å². The number of ether oxygens (including phenoxy) is 1. The lowest BCUT2D eigenvalue weighted by Crippen LogP contribution is -2.44. The fraction of sp³-hybridized carbons (Fsp3) is 0.536. The van der Waals surface area contributed by atoms with Gasteiger partial charge in [0.15, 0.2) is 5.92 Å². The van der Waals surface area contributed by atoms with Crippen LogP contribution >= 0.6 is 11.6 Å². The first kappa shape index (κ1) is 29.0. The molecule has 0 spiro atoms. The van der Waals surface area contributed by atoms with Gasteiger partial charge in [0.25, 0.3) is 5.91 Å². The lowest BCUT2D eigenvalue weighted by Gasteiger charge is -2.34. The van der Waals surface area contributed by atoms with Crippen LogP contribution in [0.1, 0.15) is 60.4 Å². The monoisotopic (exact) mass is 566 g/mol. The van der Waals surface area contributed by atoms with Crippen molar-refractivity contribution in [2.24, 2.45) is 5.92 Å². The Morgan fingerprint density at radius 2 is 1.90 bits per heavy atom. The van der Waals surface area contributed by atoms with Gasteiger partial charge in [-0.25, -0.2) is 4.98 Å². The molecule has 0 radical (unpaired) electrons. The molecule has 7 nitrogen and oxygen atoms in total. The van der Waals surface area contributed by atoms with Crippen molar-refractivity contribution in [3.63, 3.8) is 0 Å². The lowest BCUT2D eigenvalue weighted by atomic mass is 9.89. The number of aromatic nitrogens is 1. The van der Waals surface area contributed by atoms with Crippen LogP contribution in [0.5, 0.6) is 5.75 Å². The van der Waals surface area contributed by atoms with Crippen molar-refractivity contribution in [1.29, 1.82) is 0 Å². The average Bonchev–Trinajstić information content (AvgIpc) is 3.66. The summed E-state index contributed by atoms with van der Waals surface area (Å²) < 4.78 is 46.8. The molecular weight excluding hydrogens is 533 g/mol. The van der Waals surface area contributed by atoms with E-state index < -0.39 is 23.5 Å². The van der Waals surface area contributed by atoms with Crippen molar-refractivity contribution in [3.05, 3.63) is 52.7 Å². The average molecular weight is 567 g/mol. The Hall–Kier alpha value is -3.01. The topological polar surface area (TPSA) is 74.8 Å². The highest BCUT2D eigenvalue weighted by Crippen LogP contribution is 2.44. The number of carbonyl (C=O) groups excluding carboxylic acids is 2. The maximum absolute atomic E-state index is 13.9. The summed E-state index contributed by atoms with van der Waals surface area (Å²) in [6, 6.07) is 9.08. The summed E-state index contributed by atoms with van der Waals surface area (Å²) in [7, 11) is 4.69. The molecule has 1 N–H and O–H groups in total. The van der Waals surface area contributed by atoms with E-state index in [1.807, 2.05) is 0 Å². The Morgan fingerprint density at radius 3 is 2.46 bits per heavy atom. The normalized spacial score (nSPS) is 17.9. The highest BCUT2D eigenvalue weighted by atomic mass is 35.5. The first-order chi connectivity index (χ1) is 18.4. The third kappa shape index (κ3) is 6.96. The Bertz CT molecular complexity index is 1190. The molecule has 11 heteroatoms. The number of amides is 2. The van der Waals surface area contributed by atoms with E-state index in [9.17, 15) is 22.8 Å². The molecule has 1 unspecified atom stereocenters. The van der Waals surface area contributed by atoms with Crippen LogP contribution in [-0.2, 0) is 4.79 Å². The van der Waals surface area contributed by atoms with E-state index in [4.69, 9.17) is 16.3 Å². The number of alkyl halides is 3. The van der Waals surface area contributed by atoms with Gasteiger partial charge in [-0.15, -0.1) is 0 Å². The molecule has 2 fully saturated rings. The van der Waals surface area contributed by atoms with E-state index >= 15 is 0 Å². The molecule has 212 valence electrons. The fourth-order valence-corrected chi connectivity index (χ4v) is 5.39. The number of benzene rings is 1. The molecule has 39 heavy (non-hydrogen) atoms. The molecule has 2 aromatic rings. The number of anilines is 1. The van der Waals surface area contributed by atoms with Gasteiger partial charge in [-0.2, -0.15) is 13.2 Å². The molecule has 1 aromatic carbocycles. The summed E-state index contributed by atoms with van der Waals surface area (Å²) >= 11 is 6.27. The summed E-state index contributed by atoms with van der Waals surface area (Å²) in [4.78, 5) is 33.1. The smallest absolute Gasteiger partial charge is 0.404 e. The second-order valence-corrected chi connectivity index (χ2v) is 11.1. The third-order valence-corrected chi connectivity index (χ3v) is 7.99. The van der Waals surface area contributed by atoms with Gasteiger partial charge in [0.1, 0.15) is 16.7 Å². The van der Waals surface area contributed by atoms with E-state index in [1.165, 1.54) is 30.2 Å². The summed E-state index contributed by atoms with van der Waals surface area (Å²) in [5, 5.41) is 2.92. The van der Waals surface area contributed by atoms with Crippen LogP contribution in [-0.4, -0.2) is 67.7 Å². The standard InChI is InChI=1S/C28H34ClF3N4O3/c1-35(2)26(38)21-7-8-22(33-24(21)29)36-15-10-18(11-16-36)9-12-27(13-14-27)34-25(37)23(28(30,31)32)19-5-4-6-20(17-19)39-3/h4-8,17-18,23H,9-16H2,1-3H3,(H,34,37). The molecule has 1 saturated carbocycles. The molecular formula is C28H34ClF3N4O3. The first-order valence-electron chi connectivity index (χ1n) is 13.1. The third-order valence-electron chi connectivity index (χ3n) is 7.70. The van der Waals surface area contributed by atoms with E-state index in [0.717, 1.165) is 38.2 Å². The summed E-state index contributed by atoms with van der Waals surface area (Å²) in [5.74, 6) is -2.07. The van der Waals surface area contributed by atoms with Crippen molar-refractivity contribution in [2.75, 3.05) is 39.2 Å². The Labute approximate surface area is 231 Å². The minimum Gasteiger partial charge on any atom is -0.497 e. The molecule has 2 amide bonds. The zero-order valence-corrected chi connectivity index (χ0v) is 23.1. The van der Waals surface area contributed by atoms with Crippen molar-refractivity contribution in [2.45, 2.75) is 56.2 Å². The van der Waals surface area contributed by atoms with Gasteiger partial charge in [-0.05, 0) is 74.3 Å². The second-order valence-electron chi connectivity index (χ2n) is 10.7. The Kier molecular flexibility index (Phi) is 8.63. The molecule has 1 aliphatic carbocycles. The van der Waals surface area contributed by atoms with Crippen LogP contribution in [0, 0.1) is 5.92 Å². The zero-order valence-electron chi connectivity index (χ0n) is 22.4. The van der Waals surface area contributed by atoms with Crippen molar-refractivity contribution in [3.8, 4) is 5.75 Å². The number of methoxy groups -OCH3 is 1. The first-order valence-corrected chi connectivity index (χ1v) is 13.5. The SMILES string of the molecule is COc1cccc(C(C(=O)NC2(CCC3CCN(c4ccc(C(=O)N(C)C)c(Cl)n4)CC3)CC2)C(F)(F)F)c1. The molecule has 1 saturated heterocycles. The highest BCUT2D eigenvalue weighted by molar-refractivity contribution is 6.32. The molecule has 1 aliphatic heterocycles. The van der Waals surface area contributed by atoms with Crippen LogP contribution in [0.25, 0.3) is 0 Å². The van der Waals surface area contributed by atoms with Crippen molar-refractivity contribution in [1.82, 2.24) is 15.2 Å². The molecule has 0 bridgehead atoms. The minimum atomic E-state index is -4.71. The lowest BCUT2D eigenvalue weighted by molar-refractivity contribution is -0.165. The number of nitrogens with one attached hydrogen (secondary N) is 1. The number of pyridine rings is 1. The van der Waals surface area contributed by atoms with Gasteiger partial charge in [-0.3, -0.25) is 9.59 Å². The summed E-state index contributed by atoms with van der Waals surface area (Å²) in [5.41, 5.74) is -0.341. The van der Waals surface area contributed by atoms with Crippen molar-refractivity contribution < 1.29 is 27.5 Å². The van der Waals surface area contributed by atoms with Crippen LogP contribution in [0.4, 0.5) is 19.0 Å². The minimum absolute atomic E-state index is 0.129. The highest BCUT2D eigenvalue weighted by Gasteiger charge is 2.51. The van der Waals surface area contributed by atoms with Crippen LogP contribution in [0.15, 0.2) is 36.4 Å². The van der Waals surface area contributed by atoms with Gasteiger partial charge in [0, 0.05) is 32.7 Å². The van der Waals surface area contributed by atoms with Crippen LogP contribution < -0.4 is 15.0 Å². The number of hydrogen-bond donors (Lipinski definition) is 1. The number of nitrogens with zero attached hydrogens (tertiary/aromatic N) is 3. The Morgan fingerprint density at radius 1 is 1.21 bits per heavy atom. The molecule has 1 atom stereocenters. The number of halogens is 4. The molecule has 4 rings (SSSR count). The number of rotatable bonds is 9. The number of carbonyl (C=O) groups is 2. The van der Waals surface area contributed by atoms with Gasteiger partial charge in [-0.1, -0.05) is 23.7 Å². The molecule has 1 aromatic heterocycles. The summed E-state index contributed by atoms with van der Waals surface area (Å²) in [6.07, 6.45) is -0.0744. The van der Waals surface area contributed by atoms with Gasteiger partial charge in [0.2, 0.25) is 5.91 Å².